The van der Waals surface area contributed by atoms with Crippen LogP contribution in [-0.2, 0) is 25.6 Å². The fraction of sp³-hybridized carbons (Fsp3) is 0.316. The van der Waals surface area contributed by atoms with Crippen LogP contribution in [0.3, 0.4) is 0 Å². The quantitative estimate of drug-likeness (QED) is 0.674. The Morgan fingerprint density at radius 1 is 1.21 bits per heavy atom. The largest absolute Gasteiger partial charge is 0.463 e. The van der Waals surface area contributed by atoms with Crippen molar-refractivity contribution in [2.24, 2.45) is 0 Å². The van der Waals surface area contributed by atoms with Gasteiger partial charge in [-0.3, -0.25) is 14.2 Å². The van der Waals surface area contributed by atoms with Gasteiger partial charge in [-0.15, -0.1) is 0 Å². The fourth-order valence-electron chi connectivity index (χ4n) is 2.95. The van der Waals surface area contributed by atoms with Gasteiger partial charge in [-0.2, -0.15) is 0 Å². The number of urea groups is 1. The monoisotopic (exact) mass is 400 g/mol. The molecule has 1 atom stereocenters. The van der Waals surface area contributed by atoms with Gasteiger partial charge in [0.2, 0.25) is 0 Å². The highest BCUT2D eigenvalue weighted by Crippen LogP contribution is 2.14. The van der Waals surface area contributed by atoms with Crippen molar-refractivity contribution in [3.63, 3.8) is 0 Å². The minimum absolute atomic E-state index is 0.136. The SMILES string of the molecule is CCOC(=O)C1=C(COC(=O)Cn2cnc3ccccc3c2=O)NC(=O)N[C@H]1C. The van der Waals surface area contributed by atoms with Gasteiger partial charge in [0.15, 0.2) is 0 Å². The lowest BCUT2D eigenvalue weighted by molar-refractivity contribution is -0.144. The van der Waals surface area contributed by atoms with E-state index in [1.54, 1.807) is 38.1 Å². The van der Waals surface area contributed by atoms with Gasteiger partial charge >= 0.3 is 18.0 Å². The van der Waals surface area contributed by atoms with Crippen molar-refractivity contribution in [1.29, 1.82) is 0 Å². The molecule has 2 N–H and O–H groups in total. The topological polar surface area (TPSA) is 129 Å². The minimum atomic E-state index is -0.722. The smallest absolute Gasteiger partial charge is 0.338 e. The predicted octanol–water partition coefficient (Wildman–Crippen LogP) is 0.458. The summed E-state index contributed by atoms with van der Waals surface area (Å²) in [5.41, 5.74) is 0.460. The Balaban J connectivity index is 1.74. The second-order valence-electron chi connectivity index (χ2n) is 6.29. The molecule has 0 radical (unpaired) electrons. The molecular formula is C19H20N4O6. The lowest BCUT2D eigenvalue weighted by Gasteiger charge is -2.26. The molecule has 2 aromatic rings. The molecule has 10 heteroatoms. The van der Waals surface area contributed by atoms with Gasteiger partial charge in [0.25, 0.3) is 5.56 Å². The number of nitrogens with zero attached hydrogens (tertiary/aromatic N) is 2. The normalized spacial score (nSPS) is 16.2. The second-order valence-corrected chi connectivity index (χ2v) is 6.29. The first-order valence-electron chi connectivity index (χ1n) is 8.98. The summed E-state index contributed by atoms with van der Waals surface area (Å²) >= 11 is 0. The molecule has 0 unspecified atom stereocenters. The summed E-state index contributed by atoms with van der Waals surface area (Å²) in [6.07, 6.45) is 1.27. The van der Waals surface area contributed by atoms with E-state index in [0.717, 1.165) is 4.57 Å². The minimum Gasteiger partial charge on any atom is -0.463 e. The zero-order valence-corrected chi connectivity index (χ0v) is 15.9. The van der Waals surface area contributed by atoms with Gasteiger partial charge in [-0.1, -0.05) is 12.1 Å². The van der Waals surface area contributed by atoms with E-state index >= 15 is 0 Å². The van der Waals surface area contributed by atoms with E-state index in [0.29, 0.717) is 10.9 Å². The summed E-state index contributed by atoms with van der Waals surface area (Å²) in [4.78, 5) is 52.7. The molecule has 1 aliphatic heterocycles. The van der Waals surface area contributed by atoms with Crippen LogP contribution in [0.1, 0.15) is 13.8 Å². The average Bonchev–Trinajstić information content (AvgIpc) is 2.68. The first-order valence-corrected chi connectivity index (χ1v) is 8.98. The zero-order valence-electron chi connectivity index (χ0n) is 15.9. The van der Waals surface area contributed by atoms with Gasteiger partial charge in [0.05, 0.1) is 41.1 Å². The number of esters is 2. The standard InChI is InChI=1S/C19H20N4O6/c1-3-28-18(26)16-11(2)21-19(27)22-14(16)9-29-15(24)8-23-10-20-13-7-5-4-6-12(13)17(23)25/h4-7,10-11H,3,8-9H2,1-2H3,(H2,21,22,27)/t11-/m0/s1. The average molecular weight is 400 g/mol. The fourth-order valence-corrected chi connectivity index (χ4v) is 2.95. The van der Waals surface area contributed by atoms with Crippen LogP contribution in [0, 0.1) is 0 Å². The molecule has 0 aliphatic carbocycles. The van der Waals surface area contributed by atoms with E-state index in [2.05, 4.69) is 15.6 Å². The maximum absolute atomic E-state index is 12.4. The van der Waals surface area contributed by atoms with Crippen LogP contribution in [0.2, 0.25) is 0 Å². The predicted molar refractivity (Wildman–Crippen MR) is 102 cm³/mol. The van der Waals surface area contributed by atoms with Crippen molar-refractivity contribution in [2.75, 3.05) is 13.2 Å². The molecule has 0 saturated carbocycles. The Morgan fingerprint density at radius 3 is 2.72 bits per heavy atom. The summed E-state index contributed by atoms with van der Waals surface area (Å²) in [5, 5.41) is 5.39. The molecule has 0 bridgehead atoms. The number of fused-ring (bicyclic) bond motifs is 1. The Morgan fingerprint density at radius 2 is 1.97 bits per heavy atom. The molecule has 1 aliphatic rings. The number of hydrogen-bond acceptors (Lipinski definition) is 7. The van der Waals surface area contributed by atoms with Crippen molar-refractivity contribution in [3.05, 3.63) is 52.2 Å². The molecular weight excluding hydrogens is 380 g/mol. The van der Waals surface area contributed by atoms with Crippen LogP contribution in [-0.4, -0.2) is 46.8 Å². The highest BCUT2D eigenvalue weighted by atomic mass is 16.5. The second kappa shape index (κ2) is 8.55. The Labute approximate surface area is 165 Å². The third kappa shape index (κ3) is 4.42. The van der Waals surface area contributed by atoms with Crippen molar-refractivity contribution in [2.45, 2.75) is 26.4 Å². The third-order valence-corrected chi connectivity index (χ3v) is 4.27. The molecule has 10 nitrogen and oxygen atoms in total. The number of ether oxygens (including phenoxy) is 2. The van der Waals surface area contributed by atoms with Crippen molar-refractivity contribution < 1.29 is 23.9 Å². The van der Waals surface area contributed by atoms with Gasteiger partial charge in [0, 0.05) is 0 Å². The number of nitrogens with one attached hydrogen (secondary N) is 2. The van der Waals surface area contributed by atoms with Crippen LogP contribution in [0.4, 0.5) is 4.79 Å². The number of rotatable bonds is 6. The molecule has 152 valence electrons. The Hall–Kier alpha value is -3.69. The Kier molecular flexibility index (Phi) is 5.91. The van der Waals surface area contributed by atoms with Crippen LogP contribution in [0.15, 0.2) is 46.7 Å². The highest BCUT2D eigenvalue weighted by Gasteiger charge is 2.30. The van der Waals surface area contributed by atoms with Gasteiger partial charge in [-0.25, -0.2) is 14.6 Å². The number of para-hydroxylation sites is 1. The van der Waals surface area contributed by atoms with Crippen molar-refractivity contribution in [3.8, 4) is 0 Å². The summed E-state index contributed by atoms with van der Waals surface area (Å²) in [6.45, 7) is 2.73. The molecule has 29 heavy (non-hydrogen) atoms. The molecule has 0 saturated heterocycles. The number of carbonyl (C=O) groups is 3. The van der Waals surface area contributed by atoms with Crippen LogP contribution in [0.25, 0.3) is 10.9 Å². The van der Waals surface area contributed by atoms with E-state index in [1.165, 1.54) is 6.33 Å². The van der Waals surface area contributed by atoms with E-state index in [9.17, 15) is 19.2 Å². The highest BCUT2D eigenvalue weighted by molar-refractivity contribution is 5.94. The number of aromatic nitrogens is 2. The van der Waals surface area contributed by atoms with Crippen molar-refractivity contribution >= 4 is 28.9 Å². The van der Waals surface area contributed by atoms with Gasteiger partial charge < -0.3 is 20.1 Å². The molecule has 0 spiro atoms. The Bertz CT molecular complexity index is 1060. The lowest BCUT2D eigenvalue weighted by atomic mass is 10.0. The first-order chi connectivity index (χ1) is 13.9. The molecule has 2 amide bonds. The molecule has 2 heterocycles. The van der Waals surface area contributed by atoms with E-state index in [-0.39, 0.29) is 36.6 Å². The third-order valence-electron chi connectivity index (χ3n) is 4.27. The van der Waals surface area contributed by atoms with Gasteiger partial charge in [0.1, 0.15) is 13.2 Å². The summed E-state index contributed by atoms with van der Waals surface area (Å²) in [6, 6.07) is 5.66. The van der Waals surface area contributed by atoms with Crippen LogP contribution >= 0.6 is 0 Å². The van der Waals surface area contributed by atoms with E-state index in [4.69, 9.17) is 9.47 Å². The first kappa shape index (κ1) is 20.1. The molecule has 1 aromatic carbocycles. The molecule has 0 fully saturated rings. The number of carbonyl (C=O) groups excluding carboxylic acids is 3. The van der Waals surface area contributed by atoms with Crippen LogP contribution in [0.5, 0.6) is 0 Å². The van der Waals surface area contributed by atoms with Crippen molar-refractivity contribution in [1.82, 2.24) is 20.2 Å². The zero-order chi connectivity index (χ0) is 21.0. The number of hydrogen-bond donors (Lipinski definition) is 2. The molecule has 1 aromatic heterocycles. The summed E-state index contributed by atoms with van der Waals surface area (Å²) < 4.78 is 11.3. The summed E-state index contributed by atoms with van der Waals surface area (Å²) in [7, 11) is 0. The lowest BCUT2D eigenvalue weighted by Crippen LogP contribution is -2.50. The van der Waals surface area contributed by atoms with Crippen LogP contribution < -0.4 is 16.2 Å². The van der Waals surface area contributed by atoms with E-state index < -0.39 is 24.0 Å². The number of amides is 2. The summed E-state index contributed by atoms with van der Waals surface area (Å²) in [5.74, 6) is -1.34. The maximum atomic E-state index is 12.4. The van der Waals surface area contributed by atoms with E-state index in [1.807, 2.05) is 0 Å². The van der Waals surface area contributed by atoms with Gasteiger partial charge in [-0.05, 0) is 26.0 Å². The maximum Gasteiger partial charge on any atom is 0.338 e. The molecule has 3 rings (SSSR count). The number of benzene rings is 1.